The highest BCUT2D eigenvalue weighted by Gasteiger charge is 2.12. The lowest BCUT2D eigenvalue weighted by molar-refractivity contribution is -0.385. The quantitative estimate of drug-likeness (QED) is 0.668. The second-order valence-corrected chi connectivity index (χ2v) is 4.84. The fraction of sp³-hybridized carbons (Fsp3) is 0.273. The fourth-order valence-electron chi connectivity index (χ4n) is 1.59. The first-order valence-electron chi connectivity index (χ1n) is 5.54. The van der Waals surface area contributed by atoms with Crippen molar-refractivity contribution in [1.82, 2.24) is 20.1 Å². The topological polar surface area (TPSA) is 85.9 Å². The molecule has 1 heterocycles. The third kappa shape index (κ3) is 3.58. The van der Waals surface area contributed by atoms with Crippen LogP contribution in [0.5, 0.6) is 0 Å². The number of nitro benzene ring substituents is 1. The van der Waals surface area contributed by atoms with Gasteiger partial charge in [0.2, 0.25) is 0 Å². The highest BCUT2D eigenvalue weighted by Crippen LogP contribution is 2.25. The molecule has 7 nitrogen and oxygen atoms in total. The number of aryl methyl sites for hydroxylation is 1. The third-order valence-electron chi connectivity index (χ3n) is 2.47. The standard InChI is InChI=1S/C11H12BrN5O2/c1-16-7-14-11(15-16)6-13-5-8-2-3-9(12)10(4-8)17(18)19/h2-4,7,13H,5-6H2,1H3. The Bertz CT molecular complexity index is 599. The average Bonchev–Trinajstić information content (AvgIpc) is 2.77. The summed E-state index contributed by atoms with van der Waals surface area (Å²) >= 11 is 3.15. The van der Waals surface area contributed by atoms with E-state index in [2.05, 4.69) is 31.3 Å². The molecular formula is C11H12BrN5O2. The Balaban J connectivity index is 1.96. The van der Waals surface area contributed by atoms with Crippen molar-refractivity contribution in [2.45, 2.75) is 13.1 Å². The molecule has 1 aromatic carbocycles. The molecule has 2 aromatic rings. The van der Waals surface area contributed by atoms with E-state index in [4.69, 9.17) is 0 Å². The van der Waals surface area contributed by atoms with Gasteiger partial charge in [-0.25, -0.2) is 4.98 Å². The first-order chi connectivity index (χ1) is 9.06. The van der Waals surface area contributed by atoms with Crippen molar-refractivity contribution in [3.63, 3.8) is 0 Å². The van der Waals surface area contributed by atoms with Gasteiger partial charge in [-0.15, -0.1) is 0 Å². The number of rotatable bonds is 5. The van der Waals surface area contributed by atoms with Crippen LogP contribution in [0.25, 0.3) is 0 Å². The van der Waals surface area contributed by atoms with Crippen LogP contribution in [0.2, 0.25) is 0 Å². The van der Waals surface area contributed by atoms with Crippen LogP contribution < -0.4 is 5.32 Å². The van der Waals surface area contributed by atoms with E-state index in [0.717, 1.165) is 5.56 Å². The summed E-state index contributed by atoms with van der Waals surface area (Å²) < 4.78 is 2.11. The van der Waals surface area contributed by atoms with Gasteiger partial charge in [0, 0.05) is 19.7 Å². The van der Waals surface area contributed by atoms with Crippen molar-refractivity contribution in [3.05, 3.63) is 50.5 Å². The summed E-state index contributed by atoms with van der Waals surface area (Å²) in [5.74, 6) is 0.689. The lowest BCUT2D eigenvalue weighted by Crippen LogP contribution is -2.14. The second-order valence-electron chi connectivity index (χ2n) is 3.98. The SMILES string of the molecule is Cn1cnc(CNCc2ccc(Br)c([N+](=O)[O-])c2)n1. The number of halogens is 1. The van der Waals surface area contributed by atoms with Crippen molar-refractivity contribution in [2.24, 2.45) is 7.05 Å². The summed E-state index contributed by atoms with van der Waals surface area (Å²) in [6, 6.07) is 5.05. The smallest absolute Gasteiger partial charge is 0.283 e. The minimum atomic E-state index is -0.409. The Kier molecular flexibility index (Phi) is 4.23. The molecule has 0 atom stereocenters. The van der Waals surface area contributed by atoms with Crippen molar-refractivity contribution in [2.75, 3.05) is 0 Å². The van der Waals surface area contributed by atoms with E-state index in [1.54, 1.807) is 30.2 Å². The van der Waals surface area contributed by atoms with Gasteiger partial charge in [-0.2, -0.15) is 5.10 Å². The van der Waals surface area contributed by atoms with Gasteiger partial charge in [0.1, 0.15) is 6.33 Å². The summed E-state index contributed by atoms with van der Waals surface area (Å²) in [6.07, 6.45) is 1.63. The molecular weight excluding hydrogens is 314 g/mol. The molecule has 8 heteroatoms. The van der Waals surface area contributed by atoms with Crippen LogP contribution in [0.15, 0.2) is 29.0 Å². The van der Waals surface area contributed by atoms with Crippen molar-refractivity contribution in [1.29, 1.82) is 0 Å². The Morgan fingerprint density at radius 2 is 2.26 bits per heavy atom. The van der Waals surface area contributed by atoms with E-state index in [1.807, 2.05) is 6.07 Å². The number of nitrogens with zero attached hydrogens (tertiary/aromatic N) is 4. The zero-order chi connectivity index (χ0) is 13.8. The Morgan fingerprint density at radius 3 is 2.89 bits per heavy atom. The molecule has 0 amide bonds. The van der Waals surface area contributed by atoms with Crippen LogP contribution in [0.1, 0.15) is 11.4 Å². The van der Waals surface area contributed by atoms with E-state index in [-0.39, 0.29) is 5.69 Å². The van der Waals surface area contributed by atoms with Crippen LogP contribution >= 0.6 is 15.9 Å². The first-order valence-corrected chi connectivity index (χ1v) is 6.33. The van der Waals surface area contributed by atoms with Gasteiger partial charge >= 0.3 is 0 Å². The van der Waals surface area contributed by atoms with Crippen LogP contribution in [-0.2, 0) is 20.1 Å². The number of benzene rings is 1. The molecule has 0 unspecified atom stereocenters. The van der Waals surface area contributed by atoms with Gasteiger partial charge in [-0.1, -0.05) is 6.07 Å². The van der Waals surface area contributed by atoms with Crippen LogP contribution in [0, 0.1) is 10.1 Å². The summed E-state index contributed by atoms with van der Waals surface area (Å²) in [4.78, 5) is 14.5. The molecule has 0 aliphatic rings. The van der Waals surface area contributed by atoms with Gasteiger partial charge in [-0.3, -0.25) is 14.8 Å². The highest BCUT2D eigenvalue weighted by atomic mass is 79.9. The fourth-order valence-corrected chi connectivity index (χ4v) is 1.98. The molecule has 0 saturated heterocycles. The number of nitrogens with one attached hydrogen (secondary N) is 1. The number of aromatic nitrogens is 3. The van der Waals surface area contributed by atoms with Gasteiger partial charge < -0.3 is 5.32 Å². The molecule has 19 heavy (non-hydrogen) atoms. The maximum absolute atomic E-state index is 10.8. The largest absolute Gasteiger partial charge is 0.306 e. The lowest BCUT2D eigenvalue weighted by Gasteiger charge is -2.03. The highest BCUT2D eigenvalue weighted by molar-refractivity contribution is 9.10. The Hall–Kier alpha value is -1.80. The van der Waals surface area contributed by atoms with Crippen LogP contribution in [-0.4, -0.2) is 19.7 Å². The van der Waals surface area contributed by atoms with E-state index >= 15 is 0 Å². The van der Waals surface area contributed by atoms with Gasteiger partial charge in [0.05, 0.1) is 15.9 Å². The van der Waals surface area contributed by atoms with Gasteiger partial charge in [0.25, 0.3) is 5.69 Å². The lowest BCUT2D eigenvalue weighted by atomic mass is 10.2. The van der Waals surface area contributed by atoms with Gasteiger partial charge in [0.15, 0.2) is 5.82 Å². The summed E-state index contributed by atoms with van der Waals surface area (Å²) in [6.45, 7) is 1.04. The molecule has 0 aliphatic heterocycles. The maximum atomic E-state index is 10.8. The molecule has 1 N–H and O–H groups in total. The monoisotopic (exact) mass is 325 g/mol. The minimum Gasteiger partial charge on any atom is -0.306 e. The van der Waals surface area contributed by atoms with Crippen molar-refractivity contribution in [3.8, 4) is 0 Å². The number of nitro groups is 1. The predicted molar refractivity (Wildman–Crippen MR) is 72.3 cm³/mol. The van der Waals surface area contributed by atoms with Gasteiger partial charge in [-0.05, 0) is 27.6 Å². The van der Waals surface area contributed by atoms with Crippen molar-refractivity contribution < 1.29 is 4.92 Å². The van der Waals surface area contributed by atoms with Crippen LogP contribution in [0.3, 0.4) is 0 Å². The Labute approximate surface area is 117 Å². The molecule has 1 aromatic heterocycles. The molecule has 0 spiro atoms. The van der Waals surface area contributed by atoms with E-state index < -0.39 is 4.92 Å². The van der Waals surface area contributed by atoms with E-state index in [9.17, 15) is 10.1 Å². The molecule has 0 saturated carbocycles. The molecule has 0 aliphatic carbocycles. The summed E-state index contributed by atoms with van der Waals surface area (Å²) in [7, 11) is 1.80. The van der Waals surface area contributed by atoms with Crippen molar-refractivity contribution >= 4 is 21.6 Å². The molecule has 0 radical (unpaired) electrons. The molecule has 0 fully saturated rings. The zero-order valence-electron chi connectivity index (χ0n) is 10.2. The summed E-state index contributed by atoms with van der Waals surface area (Å²) in [5.41, 5.74) is 0.904. The maximum Gasteiger partial charge on any atom is 0.283 e. The molecule has 2 rings (SSSR count). The normalized spacial score (nSPS) is 10.6. The molecule has 0 bridgehead atoms. The Morgan fingerprint density at radius 1 is 1.47 bits per heavy atom. The zero-order valence-corrected chi connectivity index (χ0v) is 11.8. The van der Waals surface area contributed by atoms with E-state index in [0.29, 0.717) is 23.4 Å². The first kappa shape index (κ1) is 13.6. The third-order valence-corrected chi connectivity index (χ3v) is 3.14. The second kappa shape index (κ2) is 5.89. The molecule has 100 valence electrons. The number of hydrogen-bond acceptors (Lipinski definition) is 5. The number of hydrogen-bond donors (Lipinski definition) is 1. The summed E-state index contributed by atoms with van der Waals surface area (Å²) in [5, 5.41) is 18.1. The predicted octanol–water partition coefficient (Wildman–Crippen LogP) is 1.78. The van der Waals surface area contributed by atoms with E-state index in [1.165, 1.54) is 0 Å². The van der Waals surface area contributed by atoms with Crippen LogP contribution in [0.4, 0.5) is 5.69 Å². The minimum absolute atomic E-state index is 0.0651. The average molecular weight is 326 g/mol.